The van der Waals surface area contributed by atoms with E-state index in [1.165, 1.54) is 0 Å². The highest BCUT2D eigenvalue weighted by Gasteiger charge is 2.12. The Morgan fingerprint density at radius 1 is 1.45 bits per heavy atom. The predicted molar refractivity (Wildman–Crippen MR) is 52.1 cm³/mol. The first kappa shape index (κ1) is 10.9. The van der Waals surface area contributed by atoms with Crippen LogP contribution in [0.1, 0.15) is 13.8 Å². The summed E-state index contributed by atoms with van der Waals surface area (Å²) in [6.45, 7) is 10.4. The molecule has 1 unspecified atom stereocenters. The fraction of sp³-hybridized carbons (Fsp3) is 0.750. The van der Waals surface area contributed by atoms with Gasteiger partial charge in [0.25, 0.3) is 0 Å². The van der Waals surface area contributed by atoms with Gasteiger partial charge in [0.05, 0.1) is 6.23 Å². The summed E-state index contributed by atoms with van der Waals surface area (Å²) >= 11 is 0. The van der Waals surface area contributed by atoms with Crippen LogP contribution in [0.2, 0.25) is 0 Å². The fourth-order valence-corrected chi connectivity index (χ4v) is 3.11. The van der Waals surface area contributed by atoms with Crippen LogP contribution in [0.5, 0.6) is 0 Å². The molecule has 0 N–H and O–H groups in total. The first-order chi connectivity index (χ1) is 5.29. The van der Waals surface area contributed by atoms with Crippen molar-refractivity contribution >= 4 is 8.96 Å². The van der Waals surface area contributed by atoms with Gasteiger partial charge in [-0.05, 0) is 13.1 Å². The molecule has 0 fully saturated rings. The lowest BCUT2D eigenvalue weighted by molar-refractivity contribution is 0.240. The summed E-state index contributed by atoms with van der Waals surface area (Å²) < 4.78 is 7.58. The number of hydrogen-bond acceptors (Lipinski definition) is 2. The molecule has 0 spiro atoms. The summed E-state index contributed by atoms with van der Waals surface area (Å²) in [4.78, 5) is 0. The monoisotopic (exact) mass is 173 g/mol. The van der Waals surface area contributed by atoms with Gasteiger partial charge < -0.3 is 9.30 Å². The van der Waals surface area contributed by atoms with Gasteiger partial charge in [0, 0.05) is 7.11 Å². The first-order valence-corrected chi connectivity index (χ1v) is 6.15. The number of ether oxygens (including phenoxy) is 1. The van der Waals surface area contributed by atoms with Crippen molar-refractivity contribution in [3.63, 3.8) is 0 Å². The van der Waals surface area contributed by atoms with Crippen LogP contribution < -0.4 is 0 Å². The van der Waals surface area contributed by atoms with E-state index in [1.807, 2.05) is 0 Å². The summed E-state index contributed by atoms with van der Waals surface area (Å²) in [6.07, 6.45) is 0.880. The summed E-state index contributed by atoms with van der Waals surface area (Å²) in [6, 6.07) is 0. The van der Waals surface area contributed by atoms with Crippen molar-refractivity contribution in [2.24, 2.45) is 0 Å². The number of methoxy groups -OCH3 is 1. The molecule has 0 aromatic rings. The standard InChI is InChI=1S/C8H19NOSi/c1-5-9(6-2)11(7-3)8-10-4/h7,11H,3,5-6,8H2,1-2,4H3. The molecule has 0 aliphatic rings. The lowest BCUT2D eigenvalue weighted by Gasteiger charge is -2.24. The summed E-state index contributed by atoms with van der Waals surface area (Å²) in [7, 11) is 0.804. The molecule has 0 aliphatic heterocycles. The van der Waals surface area contributed by atoms with E-state index in [4.69, 9.17) is 4.74 Å². The number of hydrogen-bond donors (Lipinski definition) is 0. The van der Waals surface area contributed by atoms with E-state index >= 15 is 0 Å². The SMILES string of the molecule is C=C[SiH](COC)N(CC)CC. The highest BCUT2D eigenvalue weighted by Crippen LogP contribution is 1.95. The minimum absolute atomic E-state index is 0.880. The lowest BCUT2D eigenvalue weighted by atomic mass is 10.7. The van der Waals surface area contributed by atoms with Crippen LogP contribution >= 0.6 is 0 Å². The van der Waals surface area contributed by atoms with E-state index in [0.29, 0.717) is 0 Å². The average Bonchev–Trinajstić information content (AvgIpc) is 2.05. The Labute approximate surface area is 71.5 Å². The van der Waals surface area contributed by atoms with Crippen LogP contribution in [-0.4, -0.2) is 40.0 Å². The zero-order chi connectivity index (χ0) is 8.69. The average molecular weight is 173 g/mol. The molecular formula is C8H19NOSi. The second-order valence-electron chi connectivity index (χ2n) is 2.48. The number of nitrogens with zero attached hydrogens (tertiary/aromatic N) is 1. The molecule has 1 atom stereocenters. The quantitative estimate of drug-likeness (QED) is 0.555. The van der Waals surface area contributed by atoms with Crippen molar-refractivity contribution in [3.05, 3.63) is 12.3 Å². The predicted octanol–water partition coefficient (Wildman–Crippen LogP) is 0.963. The van der Waals surface area contributed by atoms with E-state index in [0.717, 1.165) is 19.3 Å². The zero-order valence-electron chi connectivity index (χ0n) is 7.84. The minimum Gasteiger partial charge on any atom is -0.386 e. The lowest BCUT2D eigenvalue weighted by Crippen LogP contribution is -2.41. The van der Waals surface area contributed by atoms with Crippen molar-refractivity contribution in [3.8, 4) is 0 Å². The highest BCUT2D eigenvalue weighted by molar-refractivity contribution is 6.61. The molecule has 0 radical (unpaired) electrons. The van der Waals surface area contributed by atoms with Gasteiger partial charge in [0.2, 0.25) is 0 Å². The van der Waals surface area contributed by atoms with Crippen LogP contribution in [0.4, 0.5) is 0 Å². The van der Waals surface area contributed by atoms with E-state index in [9.17, 15) is 0 Å². The zero-order valence-corrected chi connectivity index (χ0v) is 8.99. The van der Waals surface area contributed by atoms with Gasteiger partial charge in [0.1, 0.15) is 0 Å². The summed E-state index contributed by atoms with van der Waals surface area (Å²) in [5.74, 6) is 0. The minimum atomic E-state index is -0.953. The van der Waals surface area contributed by atoms with Crippen LogP contribution in [0, 0.1) is 0 Å². The van der Waals surface area contributed by atoms with Crippen LogP contribution in [-0.2, 0) is 4.74 Å². The van der Waals surface area contributed by atoms with E-state index in [-0.39, 0.29) is 0 Å². The first-order valence-electron chi connectivity index (χ1n) is 4.15. The normalized spacial score (nSPS) is 13.5. The highest BCUT2D eigenvalue weighted by atomic mass is 28.3. The topological polar surface area (TPSA) is 12.5 Å². The summed E-state index contributed by atoms with van der Waals surface area (Å²) in [5, 5.41) is 0. The molecule has 0 bridgehead atoms. The van der Waals surface area contributed by atoms with Gasteiger partial charge in [-0.25, -0.2) is 0 Å². The molecule has 2 nitrogen and oxygen atoms in total. The molecule has 0 saturated heterocycles. The van der Waals surface area contributed by atoms with E-state index in [1.54, 1.807) is 7.11 Å². The third-order valence-electron chi connectivity index (χ3n) is 1.89. The Morgan fingerprint density at radius 2 is 2.00 bits per heavy atom. The molecule has 0 aromatic heterocycles. The van der Waals surface area contributed by atoms with Gasteiger partial charge in [0.15, 0.2) is 8.96 Å². The van der Waals surface area contributed by atoms with Gasteiger partial charge in [-0.2, -0.15) is 0 Å². The molecular weight excluding hydrogens is 154 g/mol. The molecule has 0 rings (SSSR count). The molecule has 3 heteroatoms. The maximum absolute atomic E-state index is 5.13. The van der Waals surface area contributed by atoms with E-state index in [2.05, 4.69) is 30.7 Å². The molecule has 0 amide bonds. The molecule has 0 aromatic carbocycles. The molecule has 66 valence electrons. The Hall–Kier alpha value is -0.123. The van der Waals surface area contributed by atoms with Gasteiger partial charge >= 0.3 is 0 Å². The Balaban J connectivity index is 3.86. The Kier molecular flexibility index (Phi) is 6.50. The maximum atomic E-state index is 5.13. The van der Waals surface area contributed by atoms with Crippen LogP contribution in [0.15, 0.2) is 12.3 Å². The van der Waals surface area contributed by atoms with Crippen molar-refractivity contribution in [1.82, 2.24) is 4.57 Å². The second-order valence-corrected chi connectivity index (χ2v) is 5.15. The third kappa shape index (κ3) is 3.70. The smallest absolute Gasteiger partial charge is 0.162 e. The van der Waals surface area contributed by atoms with E-state index < -0.39 is 8.96 Å². The molecule has 11 heavy (non-hydrogen) atoms. The van der Waals surface area contributed by atoms with Gasteiger partial charge in [-0.3, -0.25) is 0 Å². The van der Waals surface area contributed by atoms with Gasteiger partial charge in [-0.1, -0.05) is 19.5 Å². The second kappa shape index (κ2) is 6.58. The molecule has 0 aliphatic carbocycles. The van der Waals surface area contributed by atoms with Crippen molar-refractivity contribution in [2.45, 2.75) is 13.8 Å². The molecule has 0 saturated carbocycles. The molecule has 0 heterocycles. The maximum Gasteiger partial charge on any atom is 0.162 e. The van der Waals surface area contributed by atoms with Gasteiger partial charge in [-0.15, -0.1) is 6.58 Å². The van der Waals surface area contributed by atoms with Crippen molar-refractivity contribution < 1.29 is 4.74 Å². The largest absolute Gasteiger partial charge is 0.386 e. The summed E-state index contributed by atoms with van der Waals surface area (Å²) in [5.41, 5.74) is 2.08. The fourth-order valence-electron chi connectivity index (χ4n) is 1.19. The number of rotatable bonds is 6. The van der Waals surface area contributed by atoms with Crippen LogP contribution in [0.3, 0.4) is 0 Å². The third-order valence-corrected chi connectivity index (χ3v) is 4.78. The van der Waals surface area contributed by atoms with Crippen LogP contribution in [0.25, 0.3) is 0 Å². The Bertz CT molecular complexity index is 104. The van der Waals surface area contributed by atoms with Crippen molar-refractivity contribution in [1.29, 1.82) is 0 Å². The Morgan fingerprint density at radius 3 is 2.27 bits per heavy atom. The van der Waals surface area contributed by atoms with Crippen molar-refractivity contribution in [2.75, 3.05) is 26.4 Å².